The van der Waals surface area contributed by atoms with Gasteiger partial charge in [-0.3, -0.25) is 4.57 Å². The van der Waals surface area contributed by atoms with E-state index in [0.717, 1.165) is 36.4 Å². The van der Waals surface area contributed by atoms with Crippen molar-refractivity contribution in [2.45, 2.75) is 22.1 Å². The zero-order chi connectivity index (χ0) is 34.5. The minimum atomic E-state index is -5.44. The molecule has 0 aliphatic heterocycles. The van der Waals surface area contributed by atoms with Crippen molar-refractivity contribution in [2.75, 3.05) is 3.71 Å². The van der Waals surface area contributed by atoms with Crippen molar-refractivity contribution < 1.29 is 43.2 Å². The van der Waals surface area contributed by atoms with Gasteiger partial charge in [0.25, 0.3) is 20.0 Å². The maximum Gasteiger partial charge on any atom is 0.416 e. The number of alkyl halides is 6. The Hall–Kier alpha value is -5.15. The van der Waals surface area contributed by atoms with Crippen LogP contribution in [-0.4, -0.2) is 26.4 Å². The van der Waals surface area contributed by atoms with Gasteiger partial charge in [0.15, 0.2) is 0 Å². The first-order chi connectivity index (χ1) is 22.6. The van der Waals surface area contributed by atoms with Crippen molar-refractivity contribution in [1.29, 1.82) is 0 Å². The van der Waals surface area contributed by atoms with E-state index in [-0.39, 0.29) is 21.4 Å². The summed E-state index contributed by atoms with van der Waals surface area (Å²) < 4.78 is 139. The Morgan fingerprint density at radius 1 is 0.562 bits per heavy atom. The van der Waals surface area contributed by atoms with Crippen molar-refractivity contribution in [1.82, 2.24) is 9.55 Å². The number of sulfonamides is 2. The quantitative estimate of drug-likeness (QED) is 0.156. The molecule has 0 aliphatic rings. The summed E-state index contributed by atoms with van der Waals surface area (Å²) in [5.41, 5.74) is -1.60. The molecular formula is C33H21F6N3O4S2. The molecule has 0 unspecified atom stereocenters. The molecule has 1 aromatic heterocycles. The van der Waals surface area contributed by atoms with Gasteiger partial charge in [0, 0.05) is 11.3 Å². The van der Waals surface area contributed by atoms with Crippen LogP contribution in [0.5, 0.6) is 0 Å². The molecule has 0 aliphatic carbocycles. The van der Waals surface area contributed by atoms with E-state index in [9.17, 15) is 43.2 Å². The maximum atomic E-state index is 14.1. The standard InChI is InChI=1S/C33H21F6N3O4S2/c34-32(35,36)23-11-7-15-27(19-23)47(43,44)42(48(45,46)28-16-8-12-24(20-28)33(37,38)39)26-17-18-30-29(21-26)40-31(22-9-3-1-4-10-22)41(30)25-13-5-2-6-14-25/h1-21H. The average molecular weight is 702 g/mol. The van der Waals surface area contributed by atoms with Gasteiger partial charge in [-0.15, -0.1) is 0 Å². The molecule has 1 heterocycles. The molecule has 15 heteroatoms. The summed E-state index contributed by atoms with van der Waals surface area (Å²) in [5.74, 6) is 0.391. The molecule has 0 spiro atoms. The summed E-state index contributed by atoms with van der Waals surface area (Å²) in [6.07, 6.45) is -9.99. The van der Waals surface area contributed by atoms with Crippen molar-refractivity contribution in [3.8, 4) is 17.1 Å². The monoisotopic (exact) mass is 701 g/mol. The van der Waals surface area contributed by atoms with Gasteiger partial charge in [0.1, 0.15) is 5.82 Å². The third-order valence-corrected chi connectivity index (χ3v) is 11.4. The minimum Gasteiger partial charge on any atom is -0.292 e. The first kappa shape index (κ1) is 32.8. The Balaban J connectivity index is 1.62. The normalized spacial score (nSPS) is 12.7. The van der Waals surface area contributed by atoms with Crippen LogP contribution in [-0.2, 0) is 32.4 Å². The molecule has 0 bridgehead atoms. The molecule has 6 aromatic rings. The number of halogens is 6. The topological polar surface area (TPSA) is 89.3 Å². The smallest absolute Gasteiger partial charge is 0.292 e. The summed E-state index contributed by atoms with van der Waals surface area (Å²) in [6, 6.07) is 26.1. The summed E-state index contributed by atoms with van der Waals surface area (Å²) in [4.78, 5) is 2.53. The van der Waals surface area contributed by atoms with Crippen LogP contribution in [0.15, 0.2) is 137 Å². The van der Waals surface area contributed by atoms with Gasteiger partial charge in [-0.2, -0.15) is 30.1 Å². The highest BCUT2D eigenvalue weighted by molar-refractivity contribution is 8.10. The van der Waals surface area contributed by atoms with Crippen molar-refractivity contribution in [3.63, 3.8) is 0 Å². The van der Waals surface area contributed by atoms with Gasteiger partial charge in [0.2, 0.25) is 0 Å². The summed E-state index contributed by atoms with van der Waals surface area (Å²) in [5, 5.41) is 0. The molecule has 0 fully saturated rings. The molecule has 246 valence electrons. The van der Waals surface area contributed by atoms with Crippen molar-refractivity contribution in [3.05, 3.63) is 139 Å². The number of anilines is 1. The second kappa shape index (κ2) is 11.8. The van der Waals surface area contributed by atoms with Gasteiger partial charge < -0.3 is 0 Å². The van der Waals surface area contributed by atoms with Crippen LogP contribution in [0.25, 0.3) is 28.1 Å². The van der Waals surface area contributed by atoms with E-state index in [4.69, 9.17) is 0 Å². The highest BCUT2D eigenvalue weighted by Gasteiger charge is 2.40. The number of hydrogen-bond donors (Lipinski definition) is 0. The van der Waals surface area contributed by atoms with Crippen LogP contribution in [0.1, 0.15) is 11.1 Å². The van der Waals surface area contributed by atoms with E-state index in [1.165, 1.54) is 6.07 Å². The number of benzene rings is 5. The van der Waals surface area contributed by atoms with Crippen LogP contribution in [0.4, 0.5) is 32.0 Å². The molecule has 0 saturated carbocycles. The van der Waals surface area contributed by atoms with Gasteiger partial charge >= 0.3 is 12.4 Å². The van der Waals surface area contributed by atoms with E-state index >= 15 is 0 Å². The molecule has 0 amide bonds. The molecule has 0 atom stereocenters. The third-order valence-electron chi connectivity index (χ3n) is 7.25. The molecular weight excluding hydrogens is 681 g/mol. The summed E-state index contributed by atoms with van der Waals surface area (Å²) in [6.45, 7) is 0. The molecule has 0 N–H and O–H groups in total. The Labute approximate surface area is 270 Å². The van der Waals surface area contributed by atoms with Gasteiger partial charge in [-0.25, -0.2) is 21.8 Å². The van der Waals surface area contributed by atoms with Gasteiger partial charge in [-0.05, 0) is 66.7 Å². The Bertz CT molecular complexity index is 2270. The lowest BCUT2D eigenvalue weighted by molar-refractivity contribution is -0.138. The summed E-state index contributed by atoms with van der Waals surface area (Å²) in [7, 11) is -10.9. The second-order valence-electron chi connectivity index (χ2n) is 10.4. The predicted octanol–water partition coefficient (Wildman–Crippen LogP) is 8.31. The Kier molecular flexibility index (Phi) is 8.07. The largest absolute Gasteiger partial charge is 0.416 e. The van der Waals surface area contributed by atoms with Crippen LogP contribution in [0.2, 0.25) is 0 Å². The number of para-hydroxylation sites is 1. The highest BCUT2D eigenvalue weighted by atomic mass is 32.3. The number of aromatic nitrogens is 2. The molecule has 48 heavy (non-hydrogen) atoms. The van der Waals surface area contributed by atoms with E-state index in [1.807, 2.05) is 0 Å². The van der Waals surface area contributed by atoms with Crippen LogP contribution < -0.4 is 3.71 Å². The lowest BCUT2D eigenvalue weighted by atomic mass is 10.2. The Morgan fingerprint density at radius 2 is 1.06 bits per heavy atom. The first-order valence-electron chi connectivity index (χ1n) is 13.9. The average Bonchev–Trinajstić information content (AvgIpc) is 3.44. The minimum absolute atomic E-state index is 0.0821. The van der Waals surface area contributed by atoms with Crippen LogP contribution in [0.3, 0.4) is 0 Å². The van der Waals surface area contributed by atoms with E-state index in [2.05, 4.69) is 4.98 Å². The molecule has 0 saturated heterocycles. The van der Waals surface area contributed by atoms with E-state index in [1.54, 1.807) is 65.2 Å². The van der Waals surface area contributed by atoms with Crippen LogP contribution >= 0.6 is 0 Å². The second-order valence-corrected chi connectivity index (χ2v) is 14.2. The Morgan fingerprint density at radius 3 is 1.56 bits per heavy atom. The third kappa shape index (κ3) is 6.02. The lowest BCUT2D eigenvalue weighted by Crippen LogP contribution is -2.37. The zero-order valence-electron chi connectivity index (χ0n) is 24.2. The molecule has 0 radical (unpaired) electrons. The fourth-order valence-electron chi connectivity index (χ4n) is 5.07. The highest BCUT2D eigenvalue weighted by Crippen LogP contribution is 2.38. The number of nitrogens with zero attached hydrogens (tertiary/aromatic N) is 3. The number of fused-ring (bicyclic) bond motifs is 1. The number of hydrogen-bond acceptors (Lipinski definition) is 5. The van der Waals surface area contributed by atoms with E-state index < -0.39 is 59.0 Å². The zero-order valence-corrected chi connectivity index (χ0v) is 25.8. The van der Waals surface area contributed by atoms with Crippen molar-refractivity contribution in [2.24, 2.45) is 0 Å². The van der Waals surface area contributed by atoms with Crippen molar-refractivity contribution >= 4 is 36.8 Å². The summed E-state index contributed by atoms with van der Waals surface area (Å²) >= 11 is 0. The van der Waals surface area contributed by atoms with Gasteiger partial charge in [-0.1, -0.05) is 60.7 Å². The fraction of sp³-hybridized carbons (Fsp3) is 0.0606. The number of imidazole rings is 1. The lowest BCUT2D eigenvalue weighted by Gasteiger charge is -2.25. The van der Waals surface area contributed by atoms with Gasteiger partial charge in [0.05, 0.1) is 37.6 Å². The fourth-order valence-corrected chi connectivity index (χ4v) is 8.83. The predicted molar refractivity (Wildman–Crippen MR) is 166 cm³/mol. The molecule has 6 rings (SSSR count). The molecule has 7 nitrogen and oxygen atoms in total. The SMILES string of the molecule is O=S(=O)(c1cccc(C(F)(F)F)c1)N(c1ccc2c(c1)nc(-c1ccccc1)n2-c1ccccc1)S(=O)(=O)c1cccc(C(F)(F)F)c1. The first-order valence-corrected chi connectivity index (χ1v) is 16.7. The maximum absolute atomic E-state index is 14.1. The number of rotatable bonds is 7. The van der Waals surface area contributed by atoms with Crippen LogP contribution in [0, 0.1) is 0 Å². The van der Waals surface area contributed by atoms with E-state index in [0.29, 0.717) is 34.7 Å². The molecule has 5 aromatic carbocycles.